The van der Waals surface area contributed by atoms with Gasteiger partial charge in [0.2, 0.25) is 0 Å². The number of hydrogen-bond acceptors (Lipinski definition) is 4. The van der Waals surface area contributed by atoms with Crippen molar-refractivity contribution in [2.24, 2.45) is 0 Å². The zero-order valence-electron chi connectivity index (χ0n) is 15.2. The summed E-state index contributed by atoms with van der Waals surface area (Å²) in [5.74, 6) is -0.155. The Morgan fingerprint density at radius 3 is 2.52 bits per heavy atom. The van der Waals surface area contributed by atoms with Gasteiger partial charge in [0.1, 0.15) is 17.2 Å². The standard InChI is InChI=1S/C22H14F2N2O3/c1-3-8-25-12(2)22(6-7-22)29-19-10-16(24)17(11-18(19)25)26-20(27)14-5-4-13(23)9-15(14)21(26)28/h1,4-5,9-11H,2,6-8H2. The van der Waals surface area contributed by atoms with Gasteiger partial charge in [-0.3, -0.25) is 9.59 Å². The Labute approximate surface area is 165 Å². The summed E-state index contributed by atoms with van der Waals surface area (Å²) in [6, 6.07) is 5.76. The van der Waals surface area contributed by atoms with Gasteiger partial charge in [0.05, 0.1) is 34.7 Å². The maximum absolute atomic E-state index is 15.0. The number of hydrogen-bond donors (Lipinski definition) is 0. The minimum atomic E-state index is -0.803. The van der Waals surface area contributed by atoms with Crippen LogP contribution >= 0.6 is 0 Å². The lowest BCUT2D eigenvalue weighted by Gasteiger charge is -2.38. The van der Waals surface area contributed by atoms with Crippen molar-refractivity contribution in [2.45, 2.75) is 18.4 Å². The molecule has 0 unspecified atom stereocenters. The van der Waals surface area contributed by atoms with Crippen LogP contribution in [0.15, 0.2) is 42.6 Å². The van der Waals surface area contributed by atoms with Crippen LogP contribution in [0.1, 0.15) is 33.6 Å². The van der Waals surface area contributed by atoms with Gasteiger partial charge in [0, 0.05) is 6.07 Å². The van der Waals surface area contributed by atoms with Gasteiger partial charge in [0.25, 0.3) is 11.8 Å². The van der Waals surface area contributed by atoms with Crippen LogP contribution in [0.5, 0.6) is 5.75 Å². The first-order valence-corrected chi connectivity index (χ1v) is 8.97. The minimum absolute atomic E-state index is 0.0200. The highest BCUT2D eigenvalue weighted by Gasteiger charge is 2.53. The third kappa shape index (κ3) is 2.32. The lowest BCUT2D eigenvalue weighted by Crippen LogP contribution is -2.39. The van der Waals surface area contributed by atoms with Gasteiger partial charge in [0.15, 0.2) is 5.82 Å². The molecule has 5 rings (SSSR count). The van der Waals surface area contributed by atoms with Gasteiger partial charge in [-0.15, -0.1) is 6.42 Å². The molecule has 1 fully saturated rings. The molecule has 144 valence electrons. The molecule has 2 aromatic carbocycles. The number of rotatable bonds is 2. The predicted octanol–water partition coefficient (Wildman–Crippen LogP) is 3.64. The number of carbonyl (C=O) groups excluding carboxylic acids is 2. The number of nitrogens with zero attached hydrogens (tertiary/aromatic N) is 2. The summed E-state index contributed by atoms with van der Waals surface area (Å²) in [5.41, 5.74) is 0.164. The third-order valence-corrected chi connectivity index (χ3v) is 5.52. The molecule has 1 aliphatic carbocycles. The summed E-state index contributed by atoms with van der Waals surface area (Å²) < 4.78 is 34.5. The van der Waals surface area contributed by atoms with Crippen molar-refractivity contribution < 1.29 is 23.1 Å². The fraction of sp³-hybridized carbons (Fsp3) is 0.182. The molecule has 2 aromatic rings. The second kappa shape index (κ2) is 5.67. The van der Waals surface area contributed by atoms with Crippen LogP contribution in [-0.2, 0) is 0 Å². The van der Waals surface area contributed by atoms with Gasteiger partial charge >= 0.3 is 0 Å². The third-order valence-electron chi connectivity index (χ3n) is 5.52. The fourth-order valence-corrected chi connectivity index (χ4v) is 3.87. The quantitative estimate of drug-likeness (QED) is 0.578. The summed E-state index contributed by atoms with van der Waals surface area (Å²) >= 11 is 0. The Morgan fingerprint density at radius 1 is 1.10 bits per heavy atom. The van der Waals surface area contributed by atoms with Crippen LogP contribution in [0, 0.1) is 24.0 Å². The number of imide groups is 1. The normalized spacial score (nSPS) is 18.4. The molecule has 2 amide bonds. The minimum Gasteiger partial charge on any atom is -0.479 e. The summed E-state index contributed by atoms with van der Waals surface area (Å²) in [6.45, 7) is 4.25. The van der Waals surface area contributed by atoms with Crippen LogP contribution in [0.3, 0.4) is 0 Å². The van der Waals surface area contributed by atoms with Crippen molar-refractivity contribution in [3.63, 3.8) is 0 Å². The van der Waals surface area contributed by atoms with E-state index in [0.717, 1.165) is 31.0 Å². The van der Waals surface area contributed by atoms with Gasteiger partial charge in [-0.05, 0) is 37.1 Å². The molecule has 2 aliphatic heterocycles. The highest BCUT2D eigenvalue weighted by molar-refractivity contribution is 6.34. The Bertz CT molecular complexity index is 1180. The smallest absolute Gasteiger partial charge is 0.266 e. The maximum Gasteiger partial charge on any atom is 0.266 e. The number of amides is 2. The molecule has 5 nitrogen and oxygen atoms in total. The van der Waals surface area contributed by atoms with Gasteiger partial charge in [-0.1, -0.05) is 12.5 Å². The average Bonchev–Trinajstić information content (AvgIpc) is 3.42. The first kappa shape index (κ1) is 17.4. The zero-order chi connectivity index (χ0) is 20.5. The van der Waals surface area contributed by atoms with Crippen LogP contribution in [0.4, 0.5) is 20.2 Å². The summed E-state index contributed by atoms with van der Waals surface area (Å²) in [6.07, 6.45) is 6.99. The molecular formula is C22H14F2N2O3. The number of fused-ring (bicyclic) bond motifs is 2. The molecule has 3 aliphatic rings. The van der Waals surface area contributed by atoms with Crippen molar-refractivity contribution in [1.29, 1.82) is 0 Å². The van der Waals surface area contributed by atoms with Crippen molar-refractivity contribution in [3.05, 3.63) is 65.4 Å². The van der Waals surface area contributed by atoms with E-state index in [2.05, 4.69) is 12.5 Å². The van der Waals surface area contributed by atoms with E-state index in [9.17, 15) is 18.4 Å². The highest BCUT2D eigenvalue weighted by atomic mass is 19.1. The Balaban J connectivity index is 1.63. The van der Waals surface area contributed by atoms with Crippen molar-refractivity contribution in [1.82, 2.24) is 0 Å². The molecule has 0 radical (unpaired) electrons. The lowest BCUT2D eigenvalue weighted by molar-refractivity contribution is 0.0924. The molecule has 0 N–H and O–H groups in total. The average molecular weight is 392 g/mol. The van der Waals surface area contributed by atoms with E-state index < -0.39 is 29.0 Å². The molecule has 0 saturated heterocycles. The first-order chi connectivity index (χ1) is 13.9. The van der Waals surface area contributed by atoms with E-state index in [1.165, 1.54) is 12.1 Å². The van der Waals surface area contributed by atoms with Crippen LogP contribution in [0.25, 0.3) is 0 Å². The maximum atomic E-state index is 15.0. The van der Waals surface area contributed by atoms with E-state index in [4.69, 9.17) is 11.2 Å². The van der Waals surface area contributed by atoms with Gasteiger partial charge in [-0.25, -0.2) is 13.7 Å². The van der Waals surface area contributed by atoms with Crippen molar-refractivity contribution in [2.75, 3.05) is 16.3 Å². The van der Waals surface area contributed by atoms with Crippen LogP contribution < -0.4 is 14.5 Å². The molecule has 1 saturated carbocycles. The predicted molar refractivity (Wildman–Crippen MR) is 102 cm³/mol. The molecule has 7 heteroatoms. The second-order valence-corrected chi connectivity index (χ2v) is 7.24. The zero-order valence-corrected chi connectivity index (χ0v) is 15.2. The Kier molecular flexibility index (Phi) is 3.41. The van der Waals surface area contributed by atoms with Gasteiger partial charge in [-0.2, -0.15) is 0 Å². The highest BCUT2D eigenvalue weighted by Crippen LogP contribution is 2.54. The number of halogens is 2. The monoisotopic (exact) mass is 392 g/mol. The lowest BCUT2D eigenvalue weighted by atomic mass is 10.1. The largest absolute Gasteiger partial charge is 0.479 e. The summed E-state index contributed by atoms with van der Waals surface area (Å²) in [5, 5.41) is 0. The van der Waals surface area contributed by atoms with Crippen molar-refractivity contribution >= 4 is 23.2 Å². The first-order valence-electron chi connectivity index (χ1n) is 8.97. The second-order valence-electron chi connectivity index (χ2n) is 7.24. The summed E-state index contributed by atoms with van der Waals surface area (Å²) in [4.78, 5) is 27.9. The molecular weight excluding hydrogens is 378 g/mol. The number of terminal acetylenes is 1. The van der Waals surface area contributed by atoms with E-state index in [0.29, 0.717) is 16.3 Å². The van der Waals surface area contributed by atoms with E-state index in [1.54, 1.807) is 4.90 Å². The van der Waals surface area contributed by atoms with Crippen molar-refractivity contribution in [3.8, 4) is 18.1 Å². The number of ether oxygens (including phenoxy) is 1. The molecule has 1 spiro atoms. The number of anilines is 2. The SMILES string of the molecule is C#CCN1C(=C)C2(CC2)Oc2cc(F)c(N3C(=O)c4ccc(F)cc4C3=O)cc21. The van der Waals surface area contributed by atoms with E-state index >= 15 is 0 Å². The Hall–Kier alpha value is -3.66. The molecule has 29 heavy (non-hydrogen) atoms. The van der Waals surface area contributed by atoms with Gasteiger partial charge < -0.3 is 9.64 Å². The fourth-order valence-electron chi connectivity index (χ4n) is 3.87. The summed E-state index contributed by atoms with van der Waals surface area (Å²) in [7, 11) is 0. The number of benzene rings is 2. The van der Waals surface area contributed by atoms with Crippen LogP contribution in [0.2, 0.25) is 0 Å². The molecule has 0 bridgehead atoms. The molecule has 0 atom stereocenters. The molecule has 2 heterocycles. The molecule has 0 aromatic heterocycles. The van der Waals surface area contributed by atoms with Crippen LogP contribution in [-0.4, -0.2) is 24.0 Å². The topological polar surface area (TPSA) is 49.9 Å². The number of carbonyl (C=O) groups is 2. The Morgan fingerprint density at radius 2 is 1.83 bits per heavy atom. The van der Waals surface area contributed by atoms with E-state index in [1.807, 2.05) is 0 Å². The van der Waals surface area contributed by atoms with E-state index in [-0.39, 0.29) is 29.1 Å².